The number of ether oxygens (including phenoxy) is 2. The van der Waals surface area contributed by atoms with Gasteiger partial charge in [0.15, 0.2) is 9.84 Å². The fourth-order valence-corrected chi connectivity index (χ4v) is 3.13. The molecule has 20 heavy (non-hydrogen) atoms. The zero-order valence-electron chi connectivity index (χ0n) is 11.8. The molecule has 1 aromatic rings. The zero-order chi connectivity index (χ0) is 15.3. The van der Waals surface area contributed by atoms with E-state index in [0.29, 0.717) is 11.3 Å². The van der Waals surface area contributed by atoms with E-state index in [0.717, 1.165) is 12.7 Å². The van der Waals surface area contributed by atoms with Crippen molar-refractivity contribution in [3.63, 3.8) is 0 Å². The van der Waals surface area contributed by atoms with E-state index in [9.17, 15) is 13.2 Å². The summed E-state index contributed by atoms with van der Waals surface area (Å²) in [5, 5.41) is 0. The molecule has 2 N–H and O–H groups in total. The van der Waals surface area contributed by atoms with Gasteiger partial charge in [-0.25, -0.2) is 8.42 Å². The summed E-state index contributed by atoms with van der Waals surface area (Å²) in [7, 11) is -1.00. The van der Waals surface area contributed by atoms with Gasteiger partial charge in [0.1, 0.15) is 11.5 Å². The first-order valence-corrected chi connectivity index (χ1v) is 7.78. The van der Waals surface area contributed by atoms with Gasteiger partial charge in [0.2, 0.25) is 0 Å². The Kier molecular flexibility index (Phi) is 5.52. The number of nitrogens with two attached hydrogens (primary N) is 1. The van der Waals surface area contributed by atoms with Gasteiger partial charge in [-0.15, -0.1) is 0 Å². The molecule has 0 radical (unpaired) electrons. The van der Waals surface area contributed by atoms with Gasteiger partial charge in [0, 0.05) is 11.6 Å². The van der Waals surface area contributed by atoms with Crippen LogP contribution in [0.25, 0.3) is 0 Å². The van der Waals surface area contributed by atoms with Crippen molar-refractivity contribution in [3.05, 3.63) is 29.3 Å². The minimum absolute atomic E-state index is 0.345. The number of benzene rings is 1. The second kappa shape index (κ2) is 6.71. The Morgan fingerprint density at radius 2 is 2.00 bits per heavy atom. The molecule has 0 heterocycles. The van der Waals surface area contributed by atoms with Crippen LogP contribution in [0.2, 0.25) is 0 Å². The van der Waals surface area contributed by atoms with Crippen molar-refractivity contribution in [2.75, 3.05) is 25.7 Å². The highest BCUT2D eigenvalue weighted by Crippen LogP contribution is 2.26. The van der Waals surface area contributed by atoms with Crippen LogP contribution in [0.4, 0.5) is 0 Å². The summed E-state index contributed by atoms with van der Waals surface area (Å²) in [4.78, 5) is 11.1. The van der Waals surface area contributed by atoms with Crippen LogP contribution in [0, 0.1) is 6.92 Å². The number of carbonyl (C=O) groups is 1. The number of hydrogen-bond donors (Lipinski definition) is 1. The topological polar surface area (TPSA) is 95.7 Å². The fourth-order valence-electron chi connectivity index (χ4n) is 1.80. The summed E-state index contributed by atoms with van der Waals surface area (Å²) in [6, 6.07) is 4.59. The average molecular weight is 301 g/mol. The Bertz CT molecular complexity index is 582. The van der Waals surface area contributed by atoms with Crippen molar-refractivity contribution in [2.24, 2.45) is 5.73 Å². The molecule has 112 valence electrons. The monoisotopic (exact) mass is 301 g/mol. The van der Waals surface area contributed by atoms with Crippen LogP contribution in [0.3, 0.4) is 0 Å². The quantitative estimate of drug-likeness (QED) is 0.773. The van der Waals surface area contributed by atoms with Crippen molar-refractivity contribution >= 4 is 15.8 Å². The van der Waals surface area contributed by atoms with Gasteiger partial charge >= 0.3 is 5.97 Å². The highest BCUT2D eigenvalue weighted by molar-refractivity contribution is 7.92. The van der Waals surface area contributed by atoms with Crippen LogP contribution in [0.5, 0.6) is 5.75 Å². The standard InChI is InChI=1S/C13H19NO5S/c1-9-4-5-12(18-2)10(6-9)11(14)7-20(16,17)8-13(15)19-3/h4-6,11H,7-8,14H2,1-3H3. The van der Waals surface area contributed by atoms with Gasteiger partial charge in [0.25, 0.3) is 0 Å². The molecular formula is C13H19NO5S. The molecule has 1 rings (SSSR count). The normalized spacial score (nSPS) is 12.8. The van der Waals surface area contributed by atoms with E-state index >= 15 is 0 Å². The first-order chi connectivity index (χ1) is 9.29. The van der Waals surface area contributed by atoms with E-state index in [1.807, 2.05) is 13.0 Å². The zero-order valence-corrected chi connectivity index (χ0v) is 12.6. The van der Waals surface area contributed by atoms with Crippen molar-refractivity contribution in [1.29, 1.82) is 0 Å². The molecular weight excluding hydrogens is 282 g/mol. The Hall–Kier alpha value is -1.60. The highest BCUT2D eigenvalue weighted by atomic mass is 32.2. The smallest absolute Gasteiger partial charge is 0.320 e. The van der Waals surface area contributed by atoms with Crippen molar-refractivity contribution < 1.29 is 22.7 Å². The lowest BCUT2D eigenvalue weighted by Gasteiger charge is -2.16. The number of methoxy groups -OCH3 is 2. The second-order valence-electron chi connectivity index (χ2n) is 4.48. The average Bonchev–Trinajstić information content (AvgIpc) is 2.37. The largest absolute Gasteiger partial charge is 0.496 e. The summed E-state index contributed by atoms with van der Waals surface area (Å²) >= 11 is 0. The number of carbonyl (C=O) groups excluding carboxylic acids is 1. The molecule has 1 unspecified atom stereocenters. The van der Waals surface area contributed by atoms with Crippen molar-refractivity contribution in [1.82, 2.24) is 0 Å². The summed E-state index contributed by atoms with van der Waals surface area (Å²) in [5.74, 6) is -1.29. The molecule has 0 amide bonds. The molecule has 0 bridgehead atoms. The lowest BCUT2D eigenvalue weighted by atomic mass is 10.1. The minimum Gasteiger partial charge on any atom is -0.496 e. The molecule has 0 aliphatic heterocycles. The summed E-state index contributed by atoms with van der Waals surface area (Å²) in [6.07, 6.45) is 0. The number of rotatable bonds is 6. The third kappa shape index (κ3) is 4.50. The van der Waals surface area contributed by atoms with Crippen LogP contribution in [-0.4, -0.2) is 40.1 Å². The van der Waals surface area contributed by atoms with Gasteiger partial charge < -0.3 is 15.2 Å². The summed E-state index contributed by atoms with van der Waals surface area (Å²) in [5.41, 5.74) is 7.48. The molecule has 0 fully saturated rings. The van der Waals surface area contributed by atoms with Crippen LogP contribution < -0.4 is 10.5 Å². The number of hydrogen-bond acceptors (Lipinski definition) is 6. The maximum absolute atomic E-state index is 11.8. The summed E-state index contributed by atoms with van der Waals surface area (Å²) in [6.45, 7) is 1.87. The number of sulfone groups is 1. The lowest BCUT2D eigenvalue weighted by Crippen LogP contribution is -2.27. The van der Waals surface area contributed by atoms with E-state index in [1.54, 1.807) is 12.1 Å². The first-order valence-electron chi connectivity index (χ1n) is 5.96. The summed E-state index contributed by atoms with van der Waals surface area (Å²) < 4.78 is 33.2. The molecule has 0 aliphatic carbocycles. The molecule has 7 heteroatoms. The van der Waals surface area contributed by atoms with Crippen molar-refractivity contribution in [2.45, 2.75) is 13.0 Å². The van der Waals surface area contributed by atoms with Crippen LogP contribution in [-0.2, 0) is 19.4 Å². The minimum atomic E-state index is -3.63. The molecule has 0 saturated heterocycles. The third-order valence-corrected chi connectivity index (χ3v) is 4.33. The molecule has 0 spiro atoms. The second-order valence-corrected chi connectivity index (χ2v) is 6.59. The molecule has 1 aromatic carbocycles. The first kappa shape index (κ1) is 16.5. The van der Waals surface area contributed by atoms with Crippen LogP contribution >= 0.6 is 0 Å². The molecule has 0 aromatic heterocycles. The molecule has 1 atom stereocenters. The maximum Gasteiger partial charge on any atom is 0.320 e. The predicted molar refractivity (Wildman–Crippen MR) is 75.3 cm³/mol. The van der Waals surface area contributed by atoms with Gasteiger partial charge in [-0.05, 0) is 13.0 Å². The van der Waals surface area contributed by atoms with Gasteiger partial charge in [-0.3, -0.25) is 4.79 Å². The number of esters is 1. The van der Waals surface area contributed by atoms with E-state index in [-0.39, 0.29) is 5.75 Å². The Morgan fingerprint density at radius 1 is 1.35 bits per heavy atom. The van der Waals surface area contributed by atoms with Crippen LogP contribution in [0.15, 0.2) is 18.2 Å². The van der Waals surface area contributed by atoms with Gasteiger partial charge in [0.05, 0.1) is 20.0 Å². The van der Waals surface area contributed by atoms with E-state index in [2.05, 4.69) is 4.74 Å². The fraction of sp³-hybridized carbons (Fsp3) is 0.462. The SMILES string of the molecule is COC(=O)CS(=O)(=O)CC(N)c1cc(C)ccc1OC. The highest BCUT2D eigenvalue weighted by Gasteiger charge is 2.23. The maximum atomic E-state index is 11.8. The number of aryl methyl sites for hydroxylation is 1. The van der Waals surface area contributed by atoms with E-state index < -0.39 is 27.6 Å². The molecule has 0 aliphatic rings. The van der Waals surface area contributed by atoms with Crippen LogP contribution in [0.1, 0.15) is 17.2 Å². The van der Waals surface area contributed by atoms with Crippen molar-refractivity contribution in [3.8, 4) is 5.75 Å². The third-order valence-electron chi connectivity index (χ3n) is 2.78. The Labute approximate surface area is 118 Å². The van der Waals surface area contributed by atoms with Gasteiger partial charge in [-0.2, -0.15) is 0 Å². The van der Waals surface area contributed by atoms with E-state index in [4.69, 9.17) is 10.5 Å². The molecule has 0 saturated carbocycles. The Balaban J connectivity index is 2.93. The van der Waals surface area contributed by atoms with Gasteiger partial charge in [-0.1, -0.05) is 17.7 Å². The lowest BCUT2D eigenvalue weighted by molar-refractivity contribution is -0.137. The van der Waals surface area contributed by atoms with E-state index in [1.165, 1.54) is 7.11 Å². The predicted octanol–water partition coefficient (Wildman–Crippen LogP) is 0.591. The Morgan fingerprint density at radius 3 is 2.55 bits per heavy atom. The molecule has 6 nitrogen and oxygen atoms in total.